The van der Waals surface area contributed by atoms with E-state index >= 15 is 0 Å². The molecular weight excluding hydrogens is 1050 g/mol. The lowest BCUT2D eigenvalue weighted by Gasteiger charge is -2.25. The number of hydrogen-bond donors (Lipinski definition) is 6. The predicted octanol–water partition coefficient (Wildman–Crippen LogP) is 11.6. The van der Waals surface area contributed by atoms with E-state index in [2.05, 4.69) is 124 Å². The summed E-state index contributed by atoms with van der Waals surface area (Å²) in [5, 5.41) is 10.7. The summed E-state index contributed by atoms with van der Waals surface area (Å²) in [5.41, 5.74) is 19.7. The van der Waals surface area contributed by atoms with E-state index in [9.17, 15) is 28.8 Å². The first-order valence-corrected chi connectivity index (χ1v) is 30.3. The highest BCUT2D eigenvalue weighted by Gasteiger charge is 2.29. The summed E-state index contributed by atoms with van der Waals surface area (Å²) in [5.74, 6) is -0.597. The molecule has 0 aliphatic rings. The number of rotatable bonds is 36. The molecule has 3 unspecified atom stereocenters. The van der Waals surface area contributed by atoms with Crippen molar-refractivity contribution >= 4 is 52.3 Å². The zero-order chi connectivity index (χ0) is 63.0. The quantitative estimate of drug-likeness (QED) is 0.0181. The van der Waals surface area contributed by atoms with Crippen molar-refractivity contribution in [2.45, 2.75) is 180 Å². The Morgan fingerprint density at radius 1 is 0.639 bits per heavy atom. The fourth-order valence-corrected chi connectivity index (χ4v) is 8.19. The molecule has 0 heterocycles. The number of carbonyl (C=O) groups is 6. The van der Waals surface area contributed by atoms with Crippen molar-refractivity contribution in [3.63, 3.8) is 0 Å². The first kappa shape index (κ1) is 79.1. The van der Waals surface area contributed by atoms with Gasteiger partial charge in [0.1, 0.15) is 24.5 Å². The minimum absolute atomic E-state index is 0.0352. The summed E-state index contributed by atoms with van der Waals surface area (Å²) < 4.78 is 26.6. The lowest BCUT2D eigenvalue weighted by molar-refractivity contribution is -0.142. The minimum atomic E-state index is -0.973. The average molecular weight is 1160 g/mol. The molecule has 0 aliphatic carbocycles. The molecule has 470 valence electrons. The van der Waals surface area contributed by atoms with Gasteiger partial charge in [-0.25, -0.2) is 4.79 Å². The van der Waals surface area contributed by atoms with E-state index < -0.39 is 35.9 Å². The van der Waals surface area contributed by atoms with Gasteiger partial charge in [0, 0.05) is 45.0 Å². The van der Waals surface area contributed by atoms with Gasteiger partial charge in [0.2, 0.25) is 17.7 Å². The van der Waals surface area contributed by atoms with Crippen molar-refractivity contribution in [1.82, 2.24) is 16.0 Å². The normalized spacial score (nSPS) is 11.9. The highest BCUT2D eigenvalue weighted by atomic mass is 16.6. The van der Waals surface area contributed by atoms with Gasteiger partial charge in [-0.2, -0.15) is 0 Å². The van der Waals surface area contributed by atoms with E-state index in [1.165, 1.54) is 49.1 Å². The van der Waals surface area contributed by atoms with Crippen molar-refractivity contribution in [3.05, 3.63) is 101 Å². The molecule has 0 fully saturated rings. The maximum absolute atomic E-state index is 13.3. The van der Waals surface area contributed by atoms with E-state index in [4.69, 9.17) is 29.4 Å². The van der Waals surface area contributed by atoms with Crippen LogP contribution in [0.5, 0.6) is 0 Å². The van der Waals surface area contributed by atoms with E-state index in [1.54, 1.807) is 49.3 Å². The van der Waals surface area contributed by atoms with Gasteiger partial charge in [-0.05, 0) is 121 Å². The van der Waals surface area contributed by atoms with E-state index in [1.807, 2.05) is 27.7 Å². The number of ketones is 1. The summed E-state index contributed by atoms with van der Waals surface area (Å²) in [6.07, 6.45) is 7.57. The number of ether oxygens (including phenoxy) is 5. The van der Waals surface area contributed by atoms with Gasteiger partial charge in [-0.15, -0.1) is 0 Å². The standard InChI is InChI=1S/C32H53N5O10.C24H32.C7H14O.C2H6.CH5N/c1-5-14-43-16-18-45-20-21-46-19-17-44-15-12-28(39)37-29(23(2)3)31(41)36-27(7-6-13-34-32(33)42)30(40)35-26-10-8-25(9-11-26)22-47-24(4)38;1-6-13-23(22-17-12-10-15-20(22)8-3)24(18(4)7-2)21-16-11-9-14-19(21)5;1-4-7(8)5-6(2)3;2*1-2/h8-11,23,27,29H,5-7,12-22H2,1-4H3,(H,35,40)(H,36,41)(H,37,39)(H3,33,34,42);9-12,14-18H,6-8,13H2,1-5H3;6H,4-5H2,1-3H3;1-2H3;2H2,1H3/b;24-23-;;;. The van der Waals surface area contributed by atoms with Crippen LogP contribution in [0.1, 0.15) is 176 Å². The Morgan fingerprint density at radius 2 is 1.19 bits per heavy atom. The van der Waals surface area contributed by atoms with Gasteiger partial charge in [-0.1, -0.05) is 150 Å². The SMILES string of the molecule is CC.CCC(=O)CC(C)C.CCC/C(=C(/c1ccccc1C)C(C)CC)c1ccccc1CC.CCCOCCOCCOCCOCCC(=O)NC(C(=O)NC(CCCNC(N)=O)C(=O)Nc1ccc(COC(C)=O)cc1)C(C)C.CN. The van der Waals surface area contributed by atoms with E-state index in [-0.39, 0.29) is 44.4 Å². The number of nitrogens with one attached hydrogen (secondary N) is 4. The molecule has 0 aliphatic heterocycles. The summed E-state index contributed by atoms with van der Waals surface area (Å²) in [4.78, 5) is 71.8. The second-order valence-electron chi connectivity index (χ2n) is 20.2. The molecule has 3 rings (SSSR count). The second kappa shape index (κ2) is 50.5. The van der Waals surface area contributed by atoms with Crippen LogP contribution in [0.2, 0.25) is 0 Å². The average Bonchev–Trinajstić information content (AvgIpc) is 3.54. The molecule has 0 bridgehead atoms. The van der Waals surface area contributed by atoms with Crippen LogP contribution in [0.25, 0.3) is 11.1 Å². The zero-order valence-electron chi connectivity index (χ0n) is 53.6. The van der Waals surface area contributed by atoms with Crippen LogP contribution in [0.4, 0.5) is 10.5 Å². The first-order valence-electron chi connectivity index (χ1n) is 30.3. The van der Waals surface area contributed by atoms with Gasteiger partial charge < -0.3 is 56.4 Å². The molecule has 3 atom stereocenters. The number of urea groups is 1. The first-order chi connectivity index (χ1) is 39.8. The number of nitrogens with two attached hydrogens (primary N) is 2. The fraction of sp³-hybridized carbons (Fsp3) is 0.606. The van der Waals surface area contributed by atoms with E-state index in [0.29, 0.717) is 75.8 Å². The maximum Gasteiger partial charge on any atom is 0.312 e. The highest BCUT2D eigenvalue weighted by Crippen LogP contribution is 2.39. The third-order valence-corrected chi connectivity index (χ3v) is 12.6. The third kappa shape index (κ3) is 37.1. The van der Waals surface area contributed by atoms with Crippen LogP contribution in [0.3, 0.4) is 0 Å². The van der Waals surface area contributed by atoms with Crippen LogP contribution >= 0.6 is 0 Å². The molecule has 0 spiro atoms. The lowest BCUT2D eigenvalue weighted by Crippen LogP contribution is -2.54. The molecule has 0 saturated heterocycles. The number of primary amides is 1. The Morgan fingerprint density at radius 3 is 1.67 bits per heavy atom. The Hall–Kier alpha value is -5.98. The number of aryl methyl sites for hydroxylation is 2. The summed E-state index contributed by atoms with van der Waals surface area (Å²) in [6, 6.07) is 22.0. The van der Waals surface area contributed by atoms with Crippen molar-refractivity contribution < 1.29 is 52.5 Å². The second-order valence-corrected chi connectivity index (χ2v) is 20.2. The molecule has 0 saturated carbocycles. The number of Topliss-reactive ketones (excluding diaryl/α,β-unsaturated/α-hetero) is 1. The smallest absolute Gasteiger partial charge is 0.312 e. The molecule has 0 aromatic heterocycles. The summed E-state index contributed by atoms with van der Waals surface area (Å²) in [6.45, 7) is 32.2. The molecule has 17 nitrogen and oxygen atoms in total. The Kier molecular flexibility index (Phi) is 48.1. The molecular formula is C66H110N6O11. The fourth-order valence-electron chi connectivity index (χ4n) is 8.19. The number of carbonyl (C=O) groups excluding carboxylic acids is 6. The van der Waals surface area contributed by atoms with Crippen molar-refractivity contribution in [1.29, 1.82) is 0 Å². The number of anilines is 1. The largest absolute Gasteiger partial charge is 0.461 e. The predicted molar refractivity (Wildman–Crippen MR) is 339 cm³/mol. The molecule has 3 aromatic rings. The number of hydrogen-bond acceptors (Lipinski definition) is 12. The number of benzene rings is 3. The van der Waals surface area contributed by atoms with Crippen LogP contribution in [0, 0.1) is 24.7 Å². The highest BCUT2D eigenvalue weighted by molar-refractivity contribution is 5.98. The van der Waals surface area contributed by atoms with Crippen LogP contribution in [-0.4, -0.2) is 114 Å². The van der Waals surface area contributed by atoms with Crippen molar-refractivity contribution in [2.75, 3.05) is 71.8 Å². The van der Waals surface area contributed by atoms with Crippen LogP contribution < -0.4 is 32.7 Å². The van der Waals surface area contributed by atoms with Crippen LogP contribution in [0.15, 0.2) is 72.8 Å². The number of amides is 5. The van der Waals surface area contributed by atoms with Gasteiger partial charge in [0.15, 0.2) is 0 Å². The molecule has 83 heavy (non-hydrogen) atoms. The van der Waals surface area contributed by atoms with Gasteiger partial charge in [0.25, 0.3) is 0 Å². The topological polar surface area (TPSA) is 249 Å². The third-order valence-electron chi connectivity index (χ3n) is 12.6. The zero-order valence-corrected chi connectivity index (χ0v) is 53.6. The van der Waals surface area contributed by atoms with E-state index in [0.717, 1.165) is 37.9 Å². The minimum Gasteiger partial charge on any atom is -0.461 e. The monoisotopic (exact) mass is 1160 g/mol. The lowest BCUT2D eigenvalue weighted by atomic mass is 9.81. The summed E-state index contributed by atoms with van der Waals surface area (Å²) >= 11 is 0. The van der Waals surface area contributed by atoms with Gasteiger partial charge in [0.05, 0.1) is 46.2 Å². The Balaban J connectivity index is 0. The Bertz CT molecular complexity index is 2250. The number of esters is 1. The van der Waals surface area contributed by atoms with Gasteiger partial charge >= 0.3 is 12.0 Å². The van der Waals surface area contributed by atoms with Crippen molar-refractivity contribution in [2.24, 2.45) is 29.2 Å². The summed E-state index contributed by atoms with van der Waals surface area (Å²) in [7, 11) is 1.50. The molecule has 5 amide bonds. The number of allylic oxidation sites excluding steroid dienone is 2. The van der Waals surface area contributed by atoms with Crippen LogP contribution in [-0.2, 0) is 60.7 Å². The molecule has 8 N–H and O–H groups in total. The molecule has 17 heteroatoms. The molecule has 3 aromatic carbocycles. The van der Waals surface area contributed by atoms with Gasteiger partial charge in [-0.3, -0.25) is 24.0 Å². The maximum atomic E-state index is 13.3. The van der Waals surface area contributed by atoms with Crippen molar-refractivity contribution in [3.8, 4) is 0 Å². The molecule has 0 radical (unpaired) electrons. The Labute approximate surface area is 500 Å².